The summed E-state index contributed by atoms with van der Waals surface area (Å²) in [4.78, 5) is 42.6. The molecule has 0 spiro atoms. The maximum atomic E-state index is 10.9. The van der Waals surface area contributed by atoms with Gasteiger partial charge in [-0.25, -0.2) is 0 Å². The van der Waals surface area contributed by atoms with Gasteiger partial charge in [-0.2, -0.15) is 0 Å². The number of hydrogen-bond donors (Lipinski definition) is 2. The summed E-state index contributed by atoms with van der Waals surface area (Å²) < 4.78 is 0. The van der Waals surface area contributed by atoms with Crippen LogP contribution in [0.3, 0.4) is 0 Å². The van der Waals surface area contributed by atoms with Gasteiger partial charge < -0.3 is 10.2 Å². The average Bonchev–Trinajstić information content (AvgIpc) is 2.03. The van der Waals surface area contributed by atoms with Gasteiger partial charge in [-0.3, -0.25) is 19.2 Å². The van der Waals surface area contributed by atoms with Crippen LogP contribution in [0, 0.1) is 0 Å². The molecule has 78 valence electrons. The molecule has 0 heterocycles. The molecule has 0 radical (unpaired) electrons. The highest BCUT2D eigenvalue weighted by Gasteiger charge is 2.39. The van der Waals surface area contributed by atoms with Gasteiger partial charge in [-0.15, -0.1) is 0 Å². The second-order valence-corrected chi connectivity index (χ2v) is 2.81. The second kappa shape index (κ2) is 4.21. The van der Waals surface area contributed by atoms with E-state index in [2.05, 4.69) is 0 Å². The summed E-state index contributed by atoms with van der Waals surface area (Å²) in [5.74, 6) is -7.71. The summed E-state index contributed by atoms with van der Waals surface area (Å²) in [6.07, 6.45) is -0.984. The molecular weight excluding hydrogens is 192 g/mol. The Labute approximate surface area is 79.5 Å². The molecule has 0 aliphatic heterocycles. The van der Waals surface area contributed by atoms with Crippen LogP contribution in [0.1, 0.15) is 20.3 Å². The molecule has 0 saturated heterocycles. The zero-order valence-corrected chi connectivity index (χ0v) is 7.73. The van der Waals surface area contributed by atoms with Crippen LogP contribution in [0.5, 0.6) is 0 Å². The van der Waals surface area contributed by atoms with Crippen LogP contribution in [0.15, 0.2) is 0 Å². The minimum absolute atomic E-state index is 0.788. The molecule has 0 aliphatic carbocycles. The fourth-order valence-corrected chi connectivity index (χ4v) is 0.590. The van der Waals surface area contributed by atoms with Gasteiger partial charge >= 0.3 is 0 Å². The number of Topliss-reactive ketones (excluding diaryl/α,β-unsaturated/α-hetero) is 4. The van der Waals surface area contributed by atoms with E-state index in [0.717, 1.165) is 13.8 Å². The van der Waals surface area contributed by atoms with E-state index in [4.69, 9.17) is 10.2 Å². The quantitative estimate of drug-likeness (QED) is 0.315. The van der Waals surface area contributed by atoms with E-state index < -0.39 is 35.3 Å². The van der Waals surface area contributed by atoms with Crippen LogP contribution in [0.25, 0.3) is 0 Å². The summed E-state index contributed by atoms with van der Waals surface area (Å²) in [7, 11) is 0. The Morgan fingerprint density at radius 3 is 1.79 bits per heavy atom. The first-order valence-electron chi connectivity index (χ1n) is 3.72. The summed E-state index contributed by atoms with van der Waals surface area (Å²) in [5, 5.41) is 17.8. The molecule has 0 aromatic heterocycles. The molecule has 0 aromatic rings. The largest absolute Gasteiger partial charge is 0.354 e. The number of carbonyl (C=O) groups excluding carboxylic acids is 4. The number of carbonyl (C=O) groups is 4. The van der Waals surface area contributed by atoms with Crippen LogP contribution in [-0.4, -0.2) is 39.1 Å². The fourth-order valence-electron chi connectivity index (χ4n) is 0.590. The zero-order chi connectivity index (χ0) is 11.5. The van der Waals surface area contributed by atoms with E-state index in [9.17, 15) is 19.2 Å². The van der Waals surface area contributed by atoms with E-state index in [-0.39, 0.29) is 0 Å². The Hall–Kier alpha value is -1.40. The first-order valence-corrected chi connectivity index (χ1v) is 3.72. The van der Waals surface area contributed by atoms with Crippen molar-refractivity contribution in [3.8, 4) is 0 Å². The minimum atomic E-state index is -3.18. The maximum Gasteiger partial charge on any atom is 0.285 e. The van der Waals surface area contributed by atoms with Crippen molar-refractivity contribution in [1.29, 1.82) is 0 Å². The van der Waals surface area contributed by atoms with Crippen molar-refractivity contribution in [2.45, 2.75) is 26.1 Å². The van der Waals surface area contributed by atoms with E-state index >= 15 is 0 Å². The smallest absolute Gasteiger partial charge is 0.285 e. The number of rotatable bonds is 5. The second-order valence-electron chi connectivity index (χ2n) is 2.81. The number of aliphatic hydroxyl groups is 2. The summed E-state index contributed by atoms with van der Waals surface area (Å²) in [6, 6.07) is 0. The van der Waals surface area contributed by atoms with Crippen molar-refractivity contribution in [2.75, 3.05) is 0 Å². The van der Waals surface area contributed by atoms with Gasteiger partial charge in [-0.05, 0) is 0 Å². The summed E-state index contributed by atoms with van der Waals surface area (Å²) >= 11 is 0. The Morgan fingerprint density at radius 2 is 1.50 bits per heavy atom. The van der Waals surface area contributed by atoms with Crippen molar-refractivity contribution in [2.24, 2.45) is 0 Å². The summed E-state index contributed by atoms with van der Waals surface area (Å²) in [5.41, 5.74) is 0. The minimum Gasteiger partial charge on any atom is -0.354 e. The molecule has 0 rings (SSSR count). The SMILES string of the molecule is CC(=O)C(=O)CC(=O)C(O)(O)C(C)=O. The Bertz CT molecular complexity index is 301. The van der Waals surface area contributed by atoms with Gasteiger partial charge in [0, 0.05) is 13.8 Å². The molecule has 0 aromatic carbocycles. The van der Waals surface area contributed by atoms with Crippen LogP contribution < -0.4 is 0 Å². The van der Waals surface area contributed by atoms with Gasteiger partial charge in [0.25, 0.3) is 5.79 Å². The molecule has 0 atom stereocenters. The topological polar surface area (TPSA) is 109 Å². The lowest BCUT2D eigenvalue weighted by Gasteiger charge is -2.15. The summed E-state index contributed by atoms with van der Waals surface area (Å²) in [6.45, 7) is 1.73. The Morgan fingerprint density at radius 1 is 1.07 bits per heavy atom. The molecule has 0 unspecified atom stereocenters. The molecule has 0 fully saturated rings. The molecule has 2 N–H and O–H groups in total. The molecule has 6 nitrogen and oxygen atoms in total. The van der Waals surface area contributed by atoms with E-state index in [0.29, 0.717) is 0 Å². The third-order valence-corrected chi connectivity index (χ3v) is 1.59. The zero-order valence-electron chi connectivity index (χ0n) is 7.73. The van der Waals surface area contributed by atoms with Crippen LogP contribution in [-0.2, 0) is 19.2 Å². The van der Waals surface area contributed by atoms with Crippen LogP contribution >= 0.6 is 0 Å². The van der Waals surface area contributed by atoms with Crippen LogP contribution in [0.2, 0.25) is 0 Å². The van der Waals surface area contributed by atoms with E-state index in [1.54, 1.807) is 0 Å². The standard InChI is InChI=1S/C8H10O6/c1-4(9)6(11)3-7(12)8(13,14)5(2)10/h13-14H,3H2,1-2H3. The van der Waals surface area contributed by atoms with Crippen molar-refractivity contribution in [3.05, 3.63) is 0 Å². The maximum absolute atomic E-state index is 10.9. The lowest BCUT2D eigenvalue weighted by atomic mass is 10.0. The normalized spacial score (nSPS) is 10.9. The molecule has 0 saturated carbocycles. The van der Waals surface area contributed by atoms with Gasteiger partial charge in [0.05, 0.1) is 6.42 Å². The predicted octanol–water partition coefficient (Wildman–Crippen LogP) is -1.63. The predicted molar refractivity (Wildman–Crippen MR) is 43.2 cm³/mol. The van der Waals surface area contributed by atoms with Crippen molar-refractivity contribution < 1.29 is 29.4 Å². The van der Waals surface area contributed by atoms with Gasteiger partial charge in [-0.1, -0.05) is 0 Å². The van der Waals surface area contributed by atoms with Crippen molar-refractivity contribution in [1.82, 2.24) is 0 Å². The Balaban J connectivity index is 4.59. The molecular formula is C8H10O6. The van der Waals surface area contributed by atoms with Gasteiger partial charge in [0.2, 0.25) is 11.6 Å². The number of ketones is 4. The molecule has 14 heavy (non-hydrogen) atoms. The molecule has 0 bridgehead atoms. The highest BCUT2D eigenvalue weighted by atomic mass is 16.5. The third kappa shape index (κ3) is 2.82. The molecule has 0 aliphatic rings. The lowest BCUT2D eigenvalue weighted by Crippen LogP contribution is -2.46. The first-order chi connectivity index (χ1) is 6.19. The average molecular weight is 202 g/mol. The van der Waals surface area contributed by atoms with Gasteiger partial charge in [0.1, 0.15) is 0 Å². The first kappa shape index (κ1) is 12.6. The highest BCUT2D eigenvalue weighted by molar-refractivity contribution is 6.40. The van der Waals surface area contributed by atoms with E-state index in [1.165, 1.54) is 0 Å². The number of hydrogen-bond acceptors (Lipinski definition) is 6. The Kier molecular flexibility index (Phi) is 3.79. The van der Waals surface area contributed by atoms with Crippen molar-refractivity contribution >= 4 is 23.1 Å². The molecule has 0 amide bonds. The molecule has 6 heteroatoms. The third-order valence-electron chi connectivity index (χ3n) is 1.59. The van der Waals surface area contributed by atoms with Crippen molar-refractivity contribution in [3.63, 3.8) is 0 Å². The highest BCUT2D eigenvalue weighted by Crippen LogP contribution is 2.06. The monoisotopic (exact) mass is 202 g/mol. The van der Waals surface area contributed by atoms with Gasteiger partial charge in [0.15, 0.2) is 11.6 Å². The van der Waals surface area contributed by atoms with Crippen LogP contribution in [0.4, 0.5) is 0 Å². The lowest BCUT2D eigenvalue weighted by molar-refractivity contribution is -0.188. The fraction of sp³-hybridized carbons (Fsp3) is 0.500. The van der Waals surface area contributed by atoms with E-state index in [1.807, 2.05) is 0 Å².